The Morgan fingerprint density at radius 1 is 1.58 bits per heavy atom. The van der Waals surface area contributed by atoms with Crippen molar-refractivity contribution in [1.82, 2.24) is 9.97 Å². The fourth-order valence-corrected chi connectivity index (χ4v) is 0.755. The maximum atomic E-state index is 10.7. The summed E-state index contributed by atoms with van der Waals surface area (Å²) in [6.45, 7) is 0. The van der Waals surface area contributed by atoms with E-state index in [1.165, 1.54) is 7.11 Å². The number of aromatic amines is 2. The molecule has 0 unspecified atom stereocenters. The lowest BCUT2D eigenvalue weighted by molar-refractivity contribution is -0.139. The molecule has 0 radical (unpaired) electrons. The quantitative estimate of drug-likeness (QED) is 0.505. The monoisotopic (exact) mass is 172 g/mol. The molecular weight excluding hydrogens is 164 g/mol. The third-order valence-electron chi connectivity index (χ3n) is 1.33. The molecule has 6 heteroatoms. The third-order valence-corrected chi connectivity index (χ3v) is 1.33. The zero-order valence-electron chi connectivity index (χ0n) is 6.38. The molecule has 6 nitrogen and oxygen atoms in total. The first-order valence-corrected chi connectivity index (χ1v) is 3.20. The number of carbonyl (C=O) groups excluding carboxylic acids is 1. The summed E-state index contributed by atoms with van der Waals surface area (Å²) in [7, 11) is 1.23. The Balaban J connectivity index is 2.82. The van der Waals surface area contributed by atoms with Gasteiger partial charge in [-0.05, 0) is 0 Å². The van der Waals surface area contributed by atoms with Gasteiger partial charge in [0.15, 0.2) is 0 Å². The van der Waals surface area contributed by atoms with E-state index in [1.807, 2.05) is 0 Å². The first kappa shape index (κ1) is 8.38. The minimum Gasteiger partial charge on any atom is -0.493 e. The molecule has 0 amide bonds. The van der Waals surface area contributed by atoms with Gasteiger partial charge in [-0.25, -0.2) is 4.79 Å². The van der Waals surface area contributed by atoms with Crippen LogP contribution in [0.4, 0.5) is 0 Å². The molecule has 1 aromatic rings. The molecule has 0 bridgehead atoms. The molecule has 1 aromatic heterocycles. The maximum Gasteiger partial charge on any atom is 0.325 e. The molecule has 12 heavy (non-hydrogen) atoms. The molecule has 1 rings (SSSR count). The molecule has 0 saturated heterocycles. The summed E-state index contributed by atoms with van der Waals surface area (Å²) in [6.07, 6.45) is -0.152. The van der Waals surface area contributed by atoms with Gasteiger partial charge in [0, 0.05) is 0 Å². The first-order chi connectivity index (χ1) is 5.63. The molecule has 0 atom stereocenters. The van der Waals surface area contributed by atoms with Crippen molar-refractivity contribution in [3.63, 3.8) is 0 Å². The van der Waals surface area contributed by atoms with E-state index < -0.39 is 11.7 Å². The summed E-state index contributed by atoms with van der Waals surface area (Å²) in [4.78, 5) is 25.6. The molecule has 66 valence electrons. The summed E-state index contributed by atoms with van der Waals surface area (Å²) in [5.74, 6) is -0.856. The van der Waals surface area contributed by atoms with Crippen molar-refractivity contribution >= 4 is 5.97 Å². The smallest absolute Gasteiger partial charge is 0.325 e. The van der Waals surface area contributed by atoms with Crippen molar-refractivity contribution in [2.45, 2.75) is 6.42 Å². The number of carbonyl (C=O) groups is 1. The van der Waals surface area contributed by atoms with Crippen LogP contribution in [-0.4, -0.2) is 28.2 Å². The number of H-pyrrole nitrogens is 2. The van der Waals surface area contributed by atoms with Gasteiger partial charge in [0.25, 0.3) is 0 Å². The van der Waals surface area contributed by atoms with Crippen molar-refractivity contribution in [1.29, 1.82) is 0 Å². The van der Waals surface area contributed by atoms with Crippen molar-refractivity contribution < 1.29 is 14.6 Å². The summed E-state index contributed by atoms with van der Waals surface area (Å²) in [6, 6.07) is 0. The number of aromatic hydroxyl groups is 1. The number of esters is 1. The third kappa shape index (κ3) is 1.66. The predicted molar refractivity (Wildman–Crippen MR) is 38.8 cm³/mol. The van der Waals surface area contributed by atoms with Gasteiger partial charge in [-0.15, -0.1) is 0 Å². The molecule has 0 aliphatic heterocycles. The van der Waals surface area contributed by atoms with Gasteiger partial charge in [0.2, 0.25) is 5.88 Å². The SMILES string of the molecule is COC(=O)Cc1[nH]c(=O)[nH]c1O. The highest BCUT2D eigenvalue weighted by molar-refractivity contribution is 5.72. The number of aromatic nitrogens is 2. The van der Waals surface area contributed by atoms with E-state index in [0.717, 1.165) is 0 Å². The van der Waals surface area contributed by atoms with Gasteiger partial charge in [0.1, 0.15) is 0 Å². The highest BCUT2D eigenvalue weighted by atomic mass is 16.5. The van der Waals surface area contributed by atoms with Crippen LogP contribution in [0.25, 0.3) is 0 Å². The molecule has 3 N–H and O–H groups in total. The zero-order chi connectivity index (χ0) is 9.14. The summed E-state index contributed by atoms with van der Waals surface area (Å²) in [5, 5.41) is 8.98. The van der Waals surface area contributed by atoms with Crippen LogP contribution >= 0.6 is 0 Å². The van der Waals surface area contributed by atoms with E-state index in [4.69, 9.17) is 5.11 Å². The topological polar surface area (TPSA) is 95.2 Å². The van der Waals surface area contributed by atoms with Gasteiger partial charge in [-0.3, -0.25) is 9.78 Å². The fraction of sp³-hybridized carbons (Fsp3) is 0.333. The van der Waals surface area contributed by atoms with Gasteiger partial charge >= 0.3 is 11.7 Å². The summed E-state index contributed by atoms with van der Waals surface area (Å²) < 4.78 is 4.33. The average Bonchev–Trinajstić information content (AvgIpc) is 2.30. The number of rotatable bonds is 2. The number of hydrogen-bond donors (Lipinski definition) is 3. The van der Waals surface area contributed by atoms with Crippen LogP contribution in [0.5, 0.6) is 5.88 Å². The summed E-state index contributed by atoms with van der Waals surface area (Å²) in [5.41, 5.74) is -0.418. The van der Waals surface area contributed by atoms with E-state index in [2.05, 4.69) is 14.7 Å². The number of ether oxygens (including phenoxy) is 1. The lowest BCUT2D eigenvalue weighted by Gasteiger charge is -1.95. The molecule has 0 fully saturated rings. The second-order valence-electron chi connectivity index (χ2n) is 2.16. The number of hydrogen-bond acceptors (Lipinski definition) is 4. The predicted octanol–water partition coefficient (Wildman–Crippen LogP) is -0.876. The minimum absolute atomic E-state index is 0.131. The Bertz CT molecular complexity index is 338. The second kappa shape index (κ2) is 3.12. The van der Waals surface area contributed by atoms with E-state index in [0.29, 0.717) is 0 Å². The van der Waals surface area contributed by atoms with Crippen LogP contribution in [0.15, 0.2) is 4.79 Å². The Morgan fingerprint density at radius 3 is 2.67 bits per heavy atom. The van der Waals surface area contributed by atoms with Crippen LogP contribution in [0.2, 0.25) is 0 Å². The van der Waals surface area contributed by atoms with Gasteiger partial charge in [-0.1, -0.05) is 0 Å². The van der Waals surface area contributed by atoms with Crippen LogP contribution in [0.3, 0.4) is 0 Å². The van der Waals surface area contributed by atoms with E-state index in [1.54, 1.807) is 0 Å². The second-order valence-corrected chi connectivity index (χ2v) is 2.16. The number of methoxy groups -OCH3 is 1. The Hall–Kier alpha value is -1.72. The molecule has 0 saturated carbocycles. The number of imidazole rings is 1. The lowest BCUT2D eigenvalue weighted by atomic mass is 10.3. The van der Waals surface area contributed by atoms with Crippen LogP contribution < -0.4 is 5.69 Å². The molecule has 1 heterocycles. The van der Waals surface area contributed by atoms with Crippen molar-refractivity contribution in [2.24, 2.45) is 0 Å². The minimum atomic E-state index is -0.550. The summed E-state index contributed by atoms with van der Waals surface area (Å²) >= 11 is 0. The Kier molecular flexibility index (Phi) is 2.18. The Morgan fingerprint density at radius 2 is 2.25 bits per heavy atom. The number of nitrogens with one attached hydrogen (secondary N) is 2. The largest absolute Gasteiger partial charge is 0.493 e. The van der Waals surface area contributed by atoms with E-state index in [9.17, 15) is 9.59 Å². The molecule has 0 aliphatic carbocycles. The van der Waals surface area contributed by atoms with Gasteiger partial charge in [0.05, 0.1) is 19.2 Å². The molecule has 0 spiro atoms. The average molecular weight is 172 g/mol. The zero-order valence-corrected chi connectivity index (χ0v) is 6.38. The van der Waals surface area contributed by atoms with Crippen LogP contribution in [0.1, 0.15) is 5.69 Å². The first-order valence-electron chi connectivity index (χ1n) is 3.20. The van der Waals surface area contributed by atoms with E-state index >= 15 is 0 Å². The van der Waals surface area contributed by atoms with Crippen LogP contribution in [0, 0.1) is 0 Å². The lowest BCUT2D eigenvalue weighted by Crippen LogP contribution is -2.07. The van der Waals surface area contributed by atoms with Crippen molar-refractivity contribution in [3.05, 3.63) is 16.2 Å². The van der Waals surface area contributed by atoms with Gasteiger partial charge in [-0.2, -0.15) is 0 Å². The van der Waals surface area contributed by atoms with Gasteiger partial charge < -0.3 is 14.8 Å². The Labute approximate surface area is 67.2 Å². The molecule has 0 aliphatic rings. The van der Waals surface area contributed by atoms with E-state index in [-0.39, 0.29) is 18.0 Å². The highest BCUT2D eigenvalue weighted by Crippen LogP contribution is 2.07. The highest BCUT2D eigenvalue weighted by Gasteiger charge is 2.10. The normalized spacial score (nSPS) is 9.75. The standard InChI is InChI=1S/C6H8N2O4/c1-12-4(9)2-3-5(10)8-6(11)7-3/h10H,2H2,1H3,(H2,7,8,11). The van der Waals surface area contributed by atoms with Crippen molar-refractivity contribution in [3.8, 4) is 5.88 Å². The van der Waals surface area contributed by atoms with Crippen molar-refractivity contribution in [2.75, 3.05) is 7.11 Å². The van der Waals surface area contributed by atoms with Crippen LogP contribution in [-0.2, 0) is 16.0 Å². The maximum absolute atomic E-state index is 10.7. The molecular formula is C6H8N2O4. The molecule has 0 aromatic carbocycles. The fourth-order valence-electron chi connectivity index (χ4n) is 0.755.